The summed E-state index contributed by atoms with van der Waals surface area (Å²) in [6.07, 6.45) is -0.576. The quantitative estimate of drug-likeness (QED) is 0.476. The number of hydrogen-bond acceptors (Lipinski definition) is 6. The van der Waals surface area contributed by atoms with Crippen LogP contribution in [-0.4, -0.2) is 51.5 Å². The highest BCUT2D eigenvalue weighted by Gasteiger charge is 2.75. The van der Waals surface area contributed by atoms with Crippen LogP contribution < -0.4 is 10.2 Å². The van der Waals surface area contributed by atoms with E-state index in [1.54, 1.807) is 11.0 Å². The minimum absolute atomic E-state index is 0.0835. The first kappa shape index (κ1) is 22.4. The van der Waals surface area contributed by atoms with Gasteiger partial charge in [-0.25, -0.2) is 4.90 Å². The van der Waals surface area contributed by atoms with Gasteiger partial charge in [0.05, 0.1) is 44.4 Å². The number of halogens is 4. The Balaban J connectivity index is 1.58. The first-order valence-electron chi connectivity index (χ1n) is 10.4. The fraction of sp³-hybridized carbons (Fsp3) is 0.318. The van der Waals surface area contributed by atoms with Gasteiger partial charge in [-0.15, -0.1) is 0 Å². The fourth-order valence-electron chi connectivity index (χ4n) is 6.15. The van der Waals surface area contributed by atoms with Gasteiger partial charge in [0.15, 0.2) is 5.75 Å². The first-order valence-corrected chi connectivity index (χ1v) is 11.9. The van der Waals surface area contributed by atoms with E-state index in [2.05, 4.69) is 5.32 Å². The monoisotopic (exact) mass is 541 g/mol. The third-order valence-electron chi connectivity index (χ3n) is 7.30. The van der Waals surface area contributed by atoms with Crippen LogP contribution in [0.2, 0.25) is 20.1 Å². The average Bonchev–Trinajstić information content (AvgIpc) is 3.42. The molecule has 4 heterocycles. The lowest BCUT2D eigenvalue weighted by molar-refractivity contribution is -0.135. The second-order valence-corrected chi connectivity index (χ2v) is 10.6. The van der Waals surface area contributed by atoms with Gasteiger partial charge in [0.1, 0.15) is 5.54 Å². The lowest BCUT2D eigenvalue weighted by Crippen LogP contribution is -2.54. The Morgan fingerprint density at radius 3 is 2.32 bits per heavy atom. The number of phenolic OH excluding ortho intramolecular Hbond substituents is 1. The molecule has 4 unspecified atom stereocenters. The highest BCUT2D eigenvalue weighted by molar-refractivity contribution is 6.39. The molecule has 5 atom stereocenters. The van der Waals surface area contributed by atoms with Crippen LogP contribution in [0.25, 0.3) is 0 Å². The highest BCUT2D eigenvalue weighted by Crippen LogP contribution is 2.62. The number of nitrogens with zero attached hydrogens (tertiary/aromatic N) is 2. The van der Waals surface area contributed by atoms with Crippen molar-refractivity contribution < 1.29 is 24.6 Å². The number of rotatable bonds is 1. The molecule has 3 saturated heterocycles. The standard InChI is InChI=1S/C22H15Cl4N3O5/c23-7-1-10-17(11(24)2-7)27-21(34)22(10)16-15(14-5-9(30)6-28(14)22)19(32)29(20(16)33)8-3-12(25)18(31)13(26)4-8/h1-4,9,14-16,30-31H,5-6H2,(H,27,34)/t9-,14?,15?,16?,22?/m0/s1. The van der Waals surface area contributed by atoms with E-state index in [-0.39, 0.29) is 44.5 Å². The fourth-order valence-corrected chi connectivity index (χ4v) is 7.16. The van der Waals surface area contributed by atoms with Gasteiger partial charge in [-0.05, 0) is 30.7 Å². The predicted octanol–water partition coefficient (Wildman–Crippen LogP) is 3.41. The molecule has 3 amide bonds. The van der Waals surface area contributed by atoms with Gasteiger partial charge in [0, 0.05) is 23.2 Å². The number of amides is 3. The Morgan fingerprint density at radius 2 is 1.65 bits per heavy atom. The number of aliphatic hydroxyl groups is 1. The van der Waals surface area contributed by atoms with Crippen molar-refractivity contribution >= 4 is 75.5 Å². The summed E-state index contributed by atoms with van der Waals surface area (Å²) < 4.78 is 0. The maximum absolute atomic E-state index is 13.9. The van der Waals surface area contributed by atoms with E-state index in [4.69, 9.17) is 46.4 Å². The topological polar surface area (TPSA) is 110 Å². The van der Waals surface area contributed by atoms with Gasteiger partial charge >= 0.3 is 0 Å². The molecular weight excluding hydrogens is 528 g/mol. The van der Waals surface area contributed by atoms with Gasteiger partial charge in [0.25, 0.3) is 5.91 Å². The number of phenols is 1. The number of aliphatic hydroxyl groups excluding tert-OH is 1. The van der Waals surface area contributed by atoms with Crippen molar-refractivity contribution in [2.75, 3.05) is 16.8 Å². The molecule has 6 rings (SSSR count). The maximum Gasteiger partial charge on any atom is 0.250 e. The summed E-state index contributed by atoms with van der Waals surface area (Å²) in [5.41, 5.74) is -0.777. The van der Waals surface area contributed by atoms with Crippen LogP contribution in [0, 0.1) is 11.8 Å². The molecule has 2 aromatic carbocycles. The molecular formula is C22H15Cl4N3O5. The molecule has 0 bridgehead atoms. The number of fused-ring (bicyclic) bond motifs is 7. The van der Waals surface area contributed by atoms with E-state index < -0.39 is 47.2 Å². The summed E-state index contributed by atoms with van der Waals surface area (Å²) in [6.45, 7) is 0.103. The van der Waals surface area contributed by atoms with Crippen molar-refractivity contribution in [2.45, 2.75) is 24.1 Å². The van der Waals surface area contributed by atoms with Crippen LogP contribution in [0.3, 0.4) is 0 Å². The zero-order valence-electron chi connectivity index (χ0n) is 17.1. The number of imide groups is 1. The van der Waals surface area contributed by atoms with Crippen LogP contribution in [0.5, 0.6) is 5.75 Å². The number of aromatic hydroxyl groups is 1. The van der Waals surface area contributed by atoms with Crippen molar-refractivity contribution in [3.63, 3.8) is 0 Å². The predicted molar refractivity (Wildman–Crippen MR) is 125 cm³/mol. The molecule has 8 nitrogen and oxygen atoms in total. The summed E-state index contributed by atoms with van der Waals surface area (Å²) in [6, 6.07) is 5.02. The molecule has 3 fully saturated rings. The molecule has 176 valence electrons. The van der Waals surface area contributed by atoms with Crippen molar-refractivity contribution in [2.24, 2.45) is 11.8 Å². The summed E-state index contributed by atoms with van der Waals surface area (Å²) >= 11 is 24.8. The van der Waals surface area contributed by atoms with Crippen LogP contribution in [0.1, 0.15) is 12.0 Å². The van der Waals surface area contributed by atoms with E-state index >= 15 is 0 Å². The summed E-state index contributed by atoms with van der Waals surface area (Å²) in [5, 5.41) is 23.4. The van der Waals surface area contributed by atoms with E-state index in [0.29, 0.717) is 11.3 Å². The smallest absolute Gasteiger partial charge is 0.250 e. The second kappa shape index (κ2) is 7.22. The molecule has 12 heteroatoms. The molecule has 0 saturated carbocycles. The van der Waals surface area contributed by atoms with Gasteiger partial charge in [-0.2, -0.15) is 0 Å². The Hall–Kier alpha value is -2.07. The first-order chi connectivity index (χ1) is 16.1. The third kappa shape index (κ3) is 2.61. The molecule has 3 N–H and O–H groups in total. The van der Waals surface area contributed by atoms with Crippen molar-refractivity contribution in [3.05, 3.63) is 49.9 Å². The largest absolute Gasteiger partial charge is 0.505 e. The third-order valence-corrected chi connectivity index (χ3v) is 8.39. The van der Waals surface area contributed by atoms with Gasteiger partial charge in [0.2, 0.25) is 11.8 Å². The van der Waals surface area contributed by atoms with Crippen molar-refractivity contribution in [1.82, 2.24) is 4.90 Å². The average molecular weight is 543 g/mol. The minimum atomic E-state index is -1.58. The minimum Gasteiger partial charge on any atom is -0.505 e. The lowest BCUT2D eigenvalue weighted by Gasteiger charge is -2.36. The molecule has 4 aliphatic rings. The molecule has 0 aliphatic carbocycles. The summed E-state index contributed by atoms with van der Waals surface area (Å²) in [4.78, 5) is 44.0. The maximum atomic E-state index is 13.9. The molecule has 0 aromatic heterocycles. The normalized spacial score (nSPS) is 31.9. The zero-order valence-corrected chi connectivity index (χ0v) is 20.1. The SMILES string of the molecule is O=C1C2C3C[C@H](O)CN3C3(C(=O)Nc4c(Cl)cc(Cl)cc43)C2C(=O)N1c1cc(Cl)c(O)c(Cl)c1. The molecule has 0 radical (unpaired) electrons. The Kier molecular flexibility index (Phi) is 4.76. The number of carbonyl (C=O) groups excluding carboxylic acids is 3. The highest BCUT2D eigenvalue weighted by atomic mass is 35.5. The van der Waals surface area contributed by atoms with Crippen LogP contribution >= 0.6 is 46.4 Å². The second-order valence-electron chi connectivity index (χ2n) is 8.91. The number of benzene rings is 2. The molecule has 34 heavy (non-hydrogen) atoms. The van der Waals surface area contributed by atoms with Gasteiger partial charge in [-0.3, -0.25) is 19.3 Å². The van der Waals surface area contributed by atoms with Crippen LogP contribution in [0.15, 0.2) is 24.3 Å². The molecule has 2 aromatic rings. The van der Waals surface area contributed by atoms with E-state index in [1.807, 2.05) is 0 Å². The van der Waals surface area contributed by atoms with E-state index in [9.17, 15) is 24.6 Å². The number of anilines is 2. The Bertz CT molecular complexity index is 1310. The summed E-state index contributed by atoms with van der Waals surface area (Å²) in [5.74, 6) is -4.05. The van der Waals surface area contributed by atoms with Gasteiger partial charge < -0.3 is 15.5 Å². The van der Waals surface area contributed by atoms with Gasteiger partial charge in [-0.1, -0.05) is 46.4 Å². The Labute approximate surface area is 212 Å². The zero-order chi connectivity index (χ0) is 24.3. The van der Waals surface area contributed by atoms with E-state index in [1.165, 1.54) is 18.2 Å². The number of hydrogen-bond donors (Lipinski definition) is 3. The Morgan fingerprint density at radius 1 is 0.971 bits per heavy atom. The van der Waals surface area contributed by atoms with E-state index in [0.717, 1.165) is 4.90 Å². The molecule has 4 aliphatic heterocycles. The van der Waals surface area contributed by atoms with Crippen molar-refractivity contribution in [1.29, 1.82) is 0 Å². The molecule has 1 spiro atoms. The number of nitrogens with one attached hydrogen (secondary N) is 1. The number of carbonyl (C=O) groups is 3. The summed E-state index contributed by atoms with van der Waals surface area (Å²) in [7, 11) is 0. The lowest BCUT2D eigenvalue weighted by atomic mass is 9.75. The van der Waals surface area contributed by atoms with Crippen LogP contribution in [-0.2, 0) is 19.9 Å². The van der Waals surface area contributed by atoms with Crippen molar-refractivity contribution in [3.8, 4) is 5.75 Å². The van der Waals surface area contributed by atoms with Crippen LogP contribution in [0.4, 0.5) is 11.4 Å².